The summed E-state index contributed by atoms with van der Waals surface area (Å²) in [5, 5.41) is 11.6. The van der Waals surface area contributed by atoms with Crippen LogP contribution in [0.15, 0.2) is 24.4 Å². The number of rotatable bonds is 7. The molecule has 3 rings (SSSR count). The fourth-order valence-electron chi connectivity index (χ4n) is 3.95. The average Bonchev–Trinajstić information content (AvgIpc) is 2.74. The maximum atomic E-state index is 12.9. The van der Waals surface area contributed by atoms with Crippen molar-refractivity contribution >= 4 is 29.6 Å². The number of hydrogen-bond donors (Lipinski definition) is 2. The van der Waals surface area contributed by atoms with E-state index in [-0.39, 0.29) is 5.91 Å². The second-order valence-corrected chi connectivity index (χ2v) is 8.62. The van der Waals surface area contributed by atoms with Gasteiger partial charge in [-0.2, -0.15) is 11.8 Å². The van der Waals surface area contributed by atoms with Crippen LogP contribution in [0.25, 0.3) is 0 Å². The van der Waals surface area contributed by atoms with Gasteiger partial charge in [0.25, 0.3) is 0 Å². The van der Waals surface area contributed by atoms with Gasteiger partial charge in [-0.05, 0) is 36.6 Å². The van der Waals surface area contributed by atoms with Gasteiger partial charge in [-0.15, -0.1) is 0 Å². The number of aromatic nitrogens is 1. The lowest BCUT2D eigenvalue weighted by molar-refractivity contribution is -0.133. The lowest BCUT2D eigenvalue weighted by Crippen LogP contribution is -2.55. The molecule has 1 aliphatic heterocycles. The van der Waals surface area contributed by atoms with Gasteiger partial charge in [0.2, 0.25) is 5.91 Å². The van der Waals surface area contributed by atoms with Crippen molar-refractivity contribution in [2.24, 2.45) is 5.92 Å². The van der Waals surface area contributed by atoms with Crippen molar-refractivity contribution in [1.29, 1.82) is 0 Å². The van der Waals surface area contributed by atoms with Gasteiger partial charge in [0.05, 0.1) is 0 Å². The van der Waals surface area contributed by atoms with Crippen molar-refractivity contribution in [1.82, 2.24) is 15.2 Å². The van der Waals surface area contributed by atoms with E-state index in [0.29, 0.717) is 37.8 Å². The van der Waals surface area contributed by atoms with Crippen molar-refractivity contribution in [2.45, 2.75) is 38.1 Å². The molecule has 2 fully saturated rings. The molecule has 0 bridgehead atoms. The molecule has 1 atom stereocenters. The van der Waals surface area contributed by atoms with Gasteiger partial charge in [0, 0.05) is 38.1 Å². The summed E-state index contributed by atoms with van der Waals surface area (Å²) in [4.78, 5) is 32.4. The van der Waals surface area contributed by atoms with E-state index in [9.17, 15) is 9.59 Å². The zero-order valence-corrected chi connectivity index (χ0v) is 17.1. The molecule has 2 N–H and O–H groups in total. The Labute approximate surface area is 170 Å². The Morgan fingerprint density at radius 3 is 2.57 bits per heavy atom. The molecule has 2 heterocycles. The fraction of sp³-hybridized carbons (Fsp3) is 0.650. The lowest BCUT2D eigenvalue weighted by atomic mass is 9.91. The summed E-state index contributed by atoms with van der Waals surface area (Å²) >= 11 is 1.71. The SMILES string of the molecule is O=C(O)N[C@@H](CSCC1CCCCC1)C(=O)N1CCN(c2ccccn2)CC1. The van der Waals surface area contributed by atoms with E-state index in [1.807, 2.05) is 18.2 Å². The number of nitrogens with zero attached hydrogens (tertiary/aromatic N) is 3. The third-order valence-corrected chi connectivity index (χ3v) is 6.80. The number of pyridine rings is 1. The first-order chi connectivity index (χ1) is 13.6. The summed E-state index contributed by atoms with van der Waals surface area (Å²) in [5.74, 6) is 3.03. The van der Waals surface area contributed by atoms with Crippen molar-refractivity contribution < 1.29 is 14.7 Å². The van der Waals surface area contributed by atoms with E-state index in [1.165, 1.54) is 32.1 Å². The largest absolute Gasteiger partial charge is 0.465 e. The van der Waals surface area contributed by atoms with Crippen LogP contribution in [-0.4, -0.2) is 70.7 Å². The monoisotopic (exact) mass is 406 g/mol. The summed E-state index contributed by atoms with van der Waals surface area (Å²) in [6.45, 7) is 2.58. The minimum absolute atomic E-state index is 0.112. The highest BCUT2D eigenvalue weighted by molar-refractivity contribution is 7.99. The minimum Gasteiger partial charge on any atom is -0.465 e. The van der Waals surface area contributed by atoms with Gasteiger partial charge >= 0.3 is 6.09 Å². The van der Waals surface area contributed by atoms with Crippen molar-refractivity contribution in [3.63, 3.8) is 0 Å². The van der Waals surface area contributed by atoms with Crippen LogP contribution in [0.3, 0.4) is 0 Å². The van der Waals surface area contributed by atoms with E-state index in [1.54, 1.807) is 22.9 Å². The predicted molar refractivity (Wildman–Crippen MR) is 112 cm³/mol. The quantitative estimate of drug-likeness (QED) is 0.724. The first-order valence-corrected chi connectivity index (χ1v) is 11.3. The number of carbonyl (C=O) groups excluding carboxylic acids is 1. The van der Waals surface area contributed by atoms with Crippen LogP contribution in [0.5, 0.6) is 0 Å². The van der Waals surface area contributed by atoms with Crippen molar-refractivity contribution in [3.8, 4) is 0 Å². The first kappa shape index (κ1) is 20.8. The van der Waals surface area contributed by atoms with E-state index in [2.05, 4.69) is 15.2 Å². The Bertz CT molecular complexity index is 632. The molecule has 1 saturated carbocycles. The standard InChI is InChI=1S/C20H30N4O3S/c25-19(24-12-10-23(11-13-24)18-8-4-5-9-21-18)17(22-20(26)27)15-28-14-16-6-2-1-3-7-16/h4-5,8-9,16-17,22H,1-3,6-7,10-15H2,(H,26,27)/t17-/m0/s1. The molecule has 28 heavy (non-hydrogen) atoms. The zero-order valence-electron chi connectivity index (χ0n) is 16.3. The van der Waals surface area contributed by atoms with Crippen molar-refractivity contribution in [3.05, 3.63) is 24.4 Å². The second kappa shape index (κ2) is 10.5. The molecule has 0 spiro atoms. The molecule has 1 aromatic heterocycles. The van der Waals surface area contributed by atoms with Gasteiger partial charge in [-0.3, -0.25) is 4.79 Å². The maximum absolute atomic E-state index is 12.9. The highest BCUT2D eigenvalue weighted by atomic mass is 32.2. The summed E-state index contributed by atoms with van der Waals surface area (Å²) in [5.41, 5.74) is 0. The van der Waals surface area contributed by atoms with E-state index >= 15 is 0 Å². The van der Waals surface area contributed by atoms with Gasteiger partial charge in [0.15, 0.2) is 0 Å². The molecular formula is C20H30N4O3S. The Hall–Kier alpha value is -1.96. The highest BCUT2D eigenvalue weighted by Crippen LogP contribution is 2.27. The molecule has 1 aromatic rings. The Morgan fingerprint density at radius 1 is 1.18 bits per heavy atom. The van der Waals surface area contributed by atoms with Gasteiger partial charge in [0.1, 0.15) is 11.9 Å². The third-order valence-electron chi connectivity index (χ3n) is 5.52. The smallest absolute Gasteiger partial charge is 0.405 e. The topological polar surface area (TPSA) is 85.8 Å². The Balaban J connectivity index is 1.49. The van der Waals surface area contributed by atoms with E-state index in [4.69, 9.17) is 5.11 Å². The van der Waals surface area contributed by atoms with Crippen LogP contribution in [0.1, 0.15) is 32.1 Å². The summed E-state index contributed by atoms with van der Waals surface area (Å²) in [7, 11) is 0. The summed E-state index contributed by atoms with van der Waals surface area (Å²) in [6.07, 6.45) is 7.06. The molecule has 7 nitrogen and oxygen atoms in total. The lowest BCUT2D eigenvalue weighted by Gasteiger charge is -2.37. The van der Waals surface area contributed by atoms with Crippen LogP contribution in [0.2, 0.25) is 0 Å². The molecule has 0 unspecified atom stereocenters. The molecule has 154 valence electrons. The van der Waals surface area contributed by atoms with Crippen LogP contribution in [0, 0.1) is 5.92 Å². The number of carbonyl (C=O) groups is 2. The molecule has 0 aromatic carbocycles. The molecule has 2 aliphatic rings. The van der Waals surface area contributed by atoms with Gasteiger partial charge < -0.3 is 20.2 Å². The number of anilines is 1. The molecule has 8 heteroatoms. The fourth-order valence-corrected chi connectivity index (χ4v) is 5.21. The Morgan fingerprint density at radius 2 is 1.93 bits per heavy atom. The highest BCUT2D eigenvalue weighted by Gasteiger charge is 2.29. The van der Waals surface area contributed by atoms with E-state index in [0.717, 1.165) is 11.6 Å². The maximum Gasteiger partial charge on any atom is 0.405 e. The molecular weight excluding hydrogens is 376 g/mol. The minimum atomic E-state index is -1.14. The average molecular weight is 407 g/mol. The van der Waals surface area contributed by atoms with Crippen LogP contribution < -0.4 is 10.2 Å². The number of hydrogen-bond acceptors (Lipinski definition) is 5. The normalized spacial score (nSPS) is 19.3. The summed E-state index contributed by atoms with van der Waals surface area (Å²) in [6, 6.07) is 5.13. The molecule has 2 amide bonds. The molecule has 0 radical (unpaired) electrons. The molecule has 1 aliphatic carbocycles. The Kier molecular flexibility index (Phi) is 7.82. The number of amides is 2. The summed E-state index contributed by atoms with van der Waals surface area (Å²) < 4.78 is 0. The molecule has 1 saturated heterocycles. The van der Waals surface area contributed by atoms with E-state index < -0.39 is 12.1 Å². The van der Waals surface area contributed by atoms with Gasteiger partial charge in [-0.25, -0.2) is 9.78 Å². The zero-order chi connectivity index (χ0) is 19.8. The number of piperazine rings is 1. The van der Waals surface area contributed by atoms with Crippen molar-refractivity contribution in [2.75, 3.05) is 42.6 Å². The number of thioether (sulfide) groups is 1. The van der Waals surface area contributed by atoms with Crippen LogP contribution in [0.4, 0.5) is 10.6 Å². The second-order valence-electron chi connectivity index (χ2n) is 7.54. The van der Waals surface area contributed by atoms with Gasteiger partial charge in [-0.1, -0.05) is 25.3 Å². The third kappa shape index (κ3) is 6.02. The number of nitrogens with one attached hydrogen (secondary N) is 1. The van der Waals surface area contributed by atoms with Crippen LogP contribution >= 0.6 is 11.8 Å². The van der Waals surface area contributed by atoms with Crippen LogP contribution in [-0.2, 0) is 4.79 Å². The first-order valence-electron chi connectivity index (χ1n) is 10.2. The number of carboxylic acid groups (broad SMARTS) is 1. The predicted octanol–water partition coefficient (Wildman–Crippen LogP) is 2.68.